The maximum atomic E-state index is 13.1. The molecule has 1 fully saturated rings. The first-order chi connectivity index (χ1) is 13.4. The van der Waals surface area contributed by atoms with Gasteiger partial charge in [0, 0.05) is 17.0 Å². The average molecular weight is 420 g/mol. The third-order valence-corrected chi connectivity index (χ3v) is 5.33. The first-order valence-electron chi connectivity index (χ1n) is 8.52. The molecule has 2 heterocycles. The summed E-state index contributed by atoms with van der Waals surface area (Å²) in [6.45, 7) is -0.167. The fourth-order valence-corrected chi connectivity index (χ4v) is 3.78. The number of carbonyl (C=O) groups excluding carboxylic acids is 3. The molecule has 0 radical (unpaired) electrons. The standard InChI is InChI=1S/C19H15Cl2N3O4/c20-11-5-6-13(21)14(9-11)22-16(25)10-24-17(26)19(23-18(24)27)7-8-28-15-4-2-1-3-12(15)19/h1-6,9H,7-8,10H2,(H,22,25)(H,23,27)/t19-/m1/s1. The van der Waals surface area contributed by atoms with Crippen LogP contribution in [0, 0.1) is 0 Å². The zero-order valence-corrected chi connectivity index (χ0v) is 16.0. The van der Waals surface area contributed by atoms with Crippen LogP contribution in [0.3, 0.4) is 0 Å². The number of nitrogens with one attached hydrogen (secondary N) is 2. The Kier molecular flexibility index (Phi) is 4.64. The van der Waals surface area contributed by atoms with Gasteiger partial charge in [-0.3, -0.25) is 14.5 Å². The van der Waals surface area contributed by atoms with Crippen LogP contribution in [0.25, 0.3) is 0 Å². The molecular weight excluding hydrogens is 405 g/mol. The van der Waals surface area contributed by atoms with E-state index in [4.69, 9.17) is 27.9 Å². The summed E-state index contributed by atoms with van der Waals surface area (Å²) in [5.74, 6) is -0.509. The number of anilines is 1. The number of imide groups is 1. The quantitative estimate of drug-likeness (QED) is 0.747. The summed E-state index contributed by atoms with van der Waals surface area (Å²) in [7, 11) is 0. The van der Waals surface area contributed by atoms with Gasteiger partial charge in [-0.2, -0.15) is 0 Å². The lowest BCUT2D eigenvalue weighted by Gasteiger charge is -2.33. The highest BCUT2D eigenvalue weighted by molar-refractivity contribution is 6.35. The lowest BCUT2D eigenvalue weighted by Crippen LogP contribution is -2.48. The fourth-order valence-electron chi connectivity index (χ4n) is 3.44. The van der Waals surface area contributed by atoms with E-state index in [1.165, 1.54) is 6.07 Å². The molecule has 2 aromatic carbocycles. The van der Waals surface area contributed by atoms with Crippen LogP contribution in [0.15, 0.2) is 42.5 Å². The van der Waals surface area contributed by atoms with Gasteiger partial charge in [0.1, 0.15) is 12.3 Å². The number of urea groups is 1. The Bertz CT molecular complexity index is 997. The molecule has 2 aliphatic heterocycles. The number of hydrogen-bond acceptors (Lipinski definition) is 4. The highest BCUT2D eigenvalue weighted by Crippen LogP contribution is 2.40. The van der Waals surface area contributed by atoms with E-state index in [2.05, 4.69) is 10.6 Å². The first kappa shape index (κ1) is 18.6. The third-order valence-electron chi connectivity index (χ3n) is 4.76. The van der Waals surface area contributed by atoms with E-state index in [0.717, 1.165) is 4.90 Å². The van der Waals surface area contributed by atoms with E-state index < -0.39 is 29.9 Å². The zero-order chi connectivity index (χ0) is 19.9. The Balaban J connectivity index is 1.56. The Morgan fingerprint density at radius 3 is 2.82 bits per heavy atom. The van der Waals surface area contributed by atoms with Crippen molar-refractivity contribution < 1.29 is 19.1 Å². The molecule has 2 N–H and O–H groups in total. The van der Waals surface area contributed by atoms with Crippen LogP contribution in [0.5, 0.6) is 5.75 Å². The van der Waals surface area contributed by atoms with E-state index in [9.17, 15) is 14.4 Å². The van der Waals surface area contributed by atoms with Crippen molar-refractivity contribution in [1.29, 1.82) is 0 Å². The van der Waals surface area contributed by atoms with Gasteiger partial charge in [0.05, 0.1) is 17.3 Å². The molecule has 28 heavy (non-hydrogen) atoms. The van der Waals surface area contributed by atoms with E-state index in [-0.39, 0.29) is 13.0 Å². The smallest absolute Gasteiger partial charge is 0.325 e. The van der Waals surface area contributed by atoms with Gasteiger partial charge in [0.15, 0.2) is 5.54 Å². The normalized spacial score (nSPS) is 20.6. The summed E-state index contributed by atoms with van der Waals surface area (Å²) in [5.41, 5.74) is -0.336. The zero-order valence-electron chi connectivity index (χ0n) is 14.5. The Labute approximate surface area is 170 Å². The van der Waals surface area contributed by atoms with Crippen LogP contribution in [-0.4, -0.2) is 35.9 Å². The van der Waals surface area contributed by atoms with Crippen LogP contribution in [0.4, 0.5) is 10.5 Å². The minimum Gasteiger partial charge on any atom is -0.493 e. The van der Waals surface area contributed by atoms with Crippen molar-refractivity contribution in [2.24, 2.45) is 0 Å². The molecule has 7 nitrogen and oxygen atoms in total. The summed E-state index contributed by atoms with van der Waals surface area (Å²) in [4.78, 5) is 39.0. The van der Waals surface area contributed by atoms with Gasteiger partial charge in [-0.1, -0.05) is 41.4 Å². The molecule has 4 rings (SSSR count). The van der Waals surface area contributed by atoms with E-state index in [1.807, 2.05) is 0 Å². The minimum atomic E-state index is -1.22. The first-order valence-corrected chi connectivity index (χ1v) is 9.27. The number of carbonyl (C=O) groups is 3. The number of nitrogens with zero attached hydrogens (tertiary/aromatic N) is 1. The predicted molar refractivity (Wildman–Crippen MR) is 104 cm³/mol. The summed E-state index contributed by atoms with van der Waals surface area (Å²) in [6.07, 6.45) is 0.285. The molecular formula is C19H15Cl2N3O4. The lowest BCUT2D eigenvalue weighted by molar-refractivity contribution is -0.135. The number of para-hydroxylation sites is 1. The second-order valence-corrected chi connectivity index (χ2v) is 7.34. The van der Waals surface area contributed by atoms with Gasteiger partial charge in [-0.15, -0.1) is 0 Å². The molecule has 1 saturated heterocycles. The summed E-state index contributed by atoms with van der Waals surface area (Å²) >= 11 is 12.0. The number of benzene rings is 2. The highest BCUT2D eigenvalue weighted by atomic mass is 35.5. The van der Waals surface area contributed by atoms with Crippen LogP contribution < -0.4 is 15.4 Å². The second-order valence-electron chi connectivity index (χ2n) is 6.49. The Morgan fingerprint density at radius 1 is 1.21 bits per heavy atom. The van der Waals surface area contributed by atoms with E-state index in [0.29, 0.717) is 27.0 Å². The SMILES string of the molecule is O=C(CN1C(=O)N[C@@]2(CCOc3ccccc32)C1=O)Nc1cc(Cl)ccc1Cl. The molecule has 1 spiro atoms. The summed E-state index contributed by atoms with van der Waals surface area (Å²) < 4.78 is 5.58. The number of halogens is 2. The highest BCUT2D eigenvalue weighted by Gasteiger charge is 2.55. The summed E-state index contributed by atoms with van der Waals surface area (Å²) in [5, 5.41) is 6.01. The van der Waals surface area contributed by atoms with Gasteiger partial charge < -0.3 is 15.4 Å². The third kappa shape index (κ3) is 3.06. The van der Waals surface area contributed by atoms with Gasteiger partial charge in [-0.25, -0.2) is 4.79 Å². The molecule has 144 valence electrons. The van der Waals surface area contributed by atoms with Crippen molar-refractivity contribution in [3.63, 3.8) is 0 Å². The molecule has 2 aromatic rings. The number of ether oxygens (including phenoxy) is 1. The number of amides is 4. The van der Waals surface area contributed by atoms with Crippen molar-refractivity contribution >= 4 is 46.7 Å². The van der Waals surface area contributed by atoms with Crippen LogP contribution >= 0.6 is 23.2 Å². The number of rotatable bonds is 3. The van der Waals surface area contributed by atoms with E-state index in [1.54, 1.807) is 36.4 Å². The summed E-state index contributed by atoms with van der Waals surface area (Å²) in [6, 6.07) is 11.0. The van der Waals surface area contributed by atoms with Gasteiger partial charge in [-0.05, 0) is 24.3 Å². The van der Waals surface area contributed by atoms with Gasteiger partial charge >= 0.3 is 6.03 Å². The predicted octanol–water partition coefficient (Wildman–Crippen LogP) is 3.16. The number of fused-ring (bicyclic) bond motifs is 2. The molecule has 0 aromatic heterocycles. The molecule has 0 saturated carbocycles. The van der Waals surface area contributed by atoms with Crippen LogP contribution in [0.2, 0.25) is 10.0 Å². The second kappa shape index (κ2) is 7.00. The molecule has 4 amide bonds. The van der Waals surface area contributed by atoms with Gasteiger partial charge in [0.25, 0.3) is 5.91 Å². The molecule has 9 heteroatoms. The monoisotopic (exact) mass is 419 g/mol. The van der Waals surface area contributed by atoms with Crippen LogP contribution in [-0.2, 0) is 15.1 Å². The molecule has 0 bridgehead atoms. The molecule has 0 unspecified atom stereocenters. The van der Waals surface area contributed by atoms with Crippen molar-refractivity contribution in [3.05, 3.63) is 58.1 Å². The topological polar surface area (TPSA) is 87.7 Å². The minimum absolute atomic E-state index is 0.279. The molecule has 0 aliphatic carbocycles. The Hall–Kier alpha value is -2.77. The maximum absolute atomic E-state index is 13.1. The molecule has 1 atom stereocenters. The maximum Gasteiger partial charge on any atom is 0.325 e. The van der Waals surface area contributed by atoms with Crippen LogP contribution in [0.1, 0.15) is 12.0 Å². The van der Waals surface area contributed by atoms with Crippen molar-refractivity contribution in [1.82, 2.24) is 10.2 Å². The van der Waals surface area contributed by atoms with Crippen molar-refractivity contribution in [2.75, 3.05) is 18.5 Å². The van der Waals surface area contributed by atoms with Crippen molar-refractivity contribution in [2.45, 2.75) is 12.0 Å². The van der Waals surface area contributed by atoms with Crippen molar-refractivity contribution in [3.8, 4) is 5.75 Å². The largest absolute Gasteiger partial charge is 0.493 e. The van der Waals surface area contributed by atoms with Gasteiger partial charge in [0.2, 0.25) is 5.91 Å². The molecule has 2 aliphatic rings. The average Bonchev–Trinajstić information content (AvgIpc) is 2.90. The fraction of sp³-hybridized carbons (Fsp3) is 0.211. The lowest BCUT2D eigenvalue weighted by atomic mass is 9.84. The Morgan fingerprint density at radius 2 is 2.00 bits per heavy atom. The van der Waals surface area contributed by atoms with E-state index >= 15 is 0 Å². The number of hydrogen-bond donors (Lipinski definition) is 2.